The monoisotopic (exact) mass is 252 g/mol. The Morgan fingerprint density at radius 3 is 2.28 bits per heavy atom. The van der Waals surface area contributed by atoms with E-state index in [1.54, 1.807) is 0 Å². The highest BCUT2D eigenvalue weighted by Gasteiger charge is 2.33. The Bertz CT molecular complexity index is 267. The van der Waals surface area contributed by atoms with Crippen LogP contribution in [-0.4, -0.2) is 27.5 Å². The first kappa shape index (κ1) is 17.6. The van der Waals surface area contributed by atoms with E-state index in [4.69, 9.17) is 9.39 Å². The minimum absolute atomic E-state index is 0.114. The molecule has 0 spiro atoms. The third-order valence-corrected chi connectivity index (χ3v) is 3.95. The van der Waals surface area contributed by atoms with Crippen LogP contribution in [0.5, 0.6) is 0 Å². The average Bonchev–Trinajstić information content (AvgIpc) is 2.27. The molecule has 0 aliphatic heterocycles. The first-order valence-electron chi connectivity index (χ1n) is 7.06. The second kappa shape index (κ2) is 7.28. The Hall–Kier alpha value is -0.370. The summed E-state index contributed by atoms with van der Waals surface area (Å²) in [7, 11) is 2.75. The molecule has 0 aromatic heterocycles. The maximum Gasteiger partial charge on any atom is 0.349 e. The number of hydrogen-bond acceptors (Lipinski definition) is 2. The molecule has 0 heterocycles. The van der Waals surface area contributed by atoms with Crippen LogP contribution in [0.2, 0.25) is 5.31 Å². The molecule has 18 heavy (non-hydrogen) atoms. The molecule has 0 rings (SSSR count). The van der Waals surface area contributed by atoms with Crippen molar-refractivity contribution in [1.29, 1.82) is 0 Å². The van der Waals surface area contributed by atoms with Gasteiger partial charge in [-0.25, -0.2) is 0 Å². The van der Waals surface area contributed by atoms with Gasteiger partial charge in [-0.3, -0.25) is 0 Å². The predicted molar refractivity (Wildman–Crippen MR) is 84.1 cm³/mol. The molecule has 0 bridgehead atoms. The molecule has 1 atom stereocenters. The number of hydrogen-bond donors (Lipinski definition) is 0. The SMILES string of the molecule is BC(C)(C)C(C)(C)OB/C(=C/C)OCC(C)CC. The summed E-state index contributed by atoms with van der Waals surface area (Å²) in [5.41, 5.74) is 0.772. The van der Waals surface area contributed by atoms with Gasteiger partial charge in [0.15, 0.2) is 0 Å². The summed E-state index contributed by atoms with van der Waals surface area (Å²) in [6.45, 7) is 15.8. The van der Waals surface area contributed by atoms with Gasteiger partial charge in [0.05, 0.1) is 12.3 Å². The van der Waals surface area contributed by atoms with Crippen molar-refractivity contribution in [2.24, 2.45) is 5.92 Å². The molecule has 0 saturated carbocycles. The van der Waals surface area contributed by atoms with Gasteiger partial charge in [0.25, 0.3) is 0 Å². The Morgan fingerprint density at radius 2 is 1.89 bits per heavy atom. The van der Waals surface area contributed by atoms with Crippen LogP contribution in [0.25, 0.3) is 0 Å². The first-order chi connectivity index (χ1) is 8.14. The predicted octanol–water partition coefficient (Wildman–Crippen LogP) is 2.89. The van der Waals surface area contributed by atoms with Crippen molar-refractivity contribution >= 4 is 15.3 Å². The van der Waals surface area contributed by atoms with Crippen LogP contribution in [0.4, 0.5) is 0 Å². The van der Waals surface area contributed by atoms with Gasteiger partial charge in [-0.1, -0.05) is 40.2 Å². The fraction of sp³-hybridized carbons (Fsp3) is 0.857. The molecule has 4 heteroatoms. The van der Waals surface area contributed by atoms with Gasteiger partial charge in [0.2, 0.25) is 0 Å². The van der Waals surface area contributed by atoms with E-state index in [1.807, 2.05) is 13.0 Å². The molecule has 1 unspecified atom stereocenters. The lowest BCUT2D eigenvalue weighted by molar-refractivity contribution is 0.0691. The van der Waals surface area contributed by atoms with E-state index < -0.39 is 0 Å². The van der Waals surface area contributed by atoms with Gasteiger partial charge in [0, 0.05) is 5.60 Å². The van der Waals surface area contributed by atoms with Crippen LogP contribution in [0.3, 0.4) is 0 Å². The van der Waals surface area contributed by atoms with Crippen LogP contribution in [-0.2, 0) is 9.39 Å². The summed E-state index contributed by atoms with van der Waals surface area (Å²) >= 11 is 0. The molecule has 0 N–H and O–H groups in total. The molecule has 0 radical (unpaired) electrons. The van der Waals surface area contributed by atoms with Crippen LogP contribution < -0.4 is 0 Å². The maximum atomic E-state index is 6.02. The van der Waals surface area contributed by atoms with Crippen molar-refractivity contribution in [2.75, 3.05) is 6.61 Å². The summed E-state index contributed by atoms with van der Waals surface area (Å²) in [5, 5.41) is 0.114. The van der Waals surface area contributed by atoms with Crippen molar-refractivity contribution in [3.8, 4) is 0 Å². The van der Waals surface area contributed by atoms with Crippen molar-refractivity contribution in [2.45, 2.75) is 65.8 Å². The number of ether oxygens (including phenoxy) is 1. The lowest BCUT2D eigenvalue weighted by Crippen LogP contribution is -2.38. The molecule has 0 aromatic rings. The quantitative estimate of drug-likeness (QED) is 0.488. The van der Waals surface area contributed by atoms with Gasteiger partial charge < -0.3 is 9.39 Å². The van der Waals surface area contributed by atoms with E-state index in [2.05, 4.69) is 49.4 Å². The Kier molecular flexibility index (Phi) is 7.13. The highest BCUT2D eigenvalue weighted by molar-refractivity contribution is 6.37. The van der Waals surface area contributed by atoms with Crippen LogP contribution in [0, 0.1) is 5.92 Å². The topological polar surface area (TPSA) is 18.5 Å². The van der Waals surface area contributed by atoms with E-state index >= 15 is 0 Å². The third-order valence-electron chi connectivity index (χ3n) is 3.95. The second-order valence-corrected chi connectivity index (χ2v) is 6.63. The van der Waals surface area contributed by atoms with E-state index in [9.17, 15) is 0 Å². The standard InChI is InChI=1S/C14H30B2O2/c1-8-11(3)10-17-12(9-2)16-18-14(6,7)13(4,5)15/h9,11,16H,8,10,15H2,1-7H3/b12-9-. The van der Waals surface area contributed by atoms with E-state index in [1.165, 1.54) is 0 Å². The lowest BCUT2D eigenvalue weighted by Gasteiger charge is -2.39. The molecular weight excluding hydrogens is 222 g/mol. The molecular formula is C14H30B2O2. The van der Waals surface area contributed by atoms with Gasteiger partial charge in [-0.15, -0.1) is 0 Å². The zero-order valence-corrected chi connectivity index (χ0v) is 13.6. The summed E-state index contributed by atoms with van der Waals surface area (Å²) in [6.07, 6.45) is 3.15. The number of rotatable bonds is 8. The number of allylic oxidation sites excluding steroid dienone is 1. The zero-order valence-electron chi connectivity index (χ0n) is 13.6. The largest absolute Gasteiger partial charge is 0.505 e. The van der Waals surface area contributed by atoms with Crippen molar-refractivity contribution in [3.05, 3.63) is 11.7 Å². The molecule has 0 aromatic carbocycles. The molecule has 0 aliphatic carbocycles. The maximum absolute atomic E-state index is 6.02. The van der Waals surface area contributed by atoms with Crippen LogP contribution in [0.1, 0.15) is 54.9 Å². The summed E-state index contributed by atoms with van der Waals surface area (Å²) in [6, 6.07) is 0. The molecule has 0 amide bonds. The third kappa shape index (κ3) is 5.99. The molecule has 0 saturated heterocycles. The first-order valence-corrected chi connectivity index (χ1v) is 7.06. The smallest absolute Gasteiger partial charge is 0.349 e. The summed E-state index contributed by atoms with van der Waals surface area (Å²) in [4.78, 5) is 0. The van der Waals surface area contributed by atoms with E-state index in [0.717, 1.165) is 18.7 Å². The fourth-order valence-electron chi connectivity index (χ4n) is 1.04. The van der Waals surface area contributed by atoms with Crippen molar-refractivity contribution in [1.82, 2.24) is 0 Å². The lowest BCUT2D eigenvalue weighted by atomic mass is 9.61. The van der Waals surface area contributed by atoms with E-state index in [0.29, 0.717) is 13.4 Å². The fourth-order valence-corrected chi connectivity index (χ4v) is 1.04. The highest BCUT2D eigenvalue weighted by Crippen LogP contribution is 2.36. The second-order valence-electron chi connectivity index (χ2n) is 6.63. The van der Waals surface area contributed by atoms with Gasteiger partial charge in [0.1, 0.15) is 7.85 Å². The minimum atomic E-state index is -0.166. The Balaban J connectivity index is 4.25. The highest BCUT2D eigenvalue weighted by atomic mass is 16.5. The minimum Gasteiger partial charge on any atom is -0.505 e. The van der Waals surface area contributed by atoms with Gasteiger partial charge >= 0.3 is 7.48 Å². The Labute approximate surface area is 115 Å². The van der Waals surface area contributed by atoms with Gasteiger partial charge in [-0.2, -0.15) is 0 Å². The molecule has 104 valence electrons. The summed E-state index contributed by atoms with van der Waals surface area (Å²) in [5.74, 6) is 0.593. The van der Waals surface area contributed by atoms with Crippen molar-refractivity contribution < 1.29 is 9.39 Å². The molecule has 2 nitrogen and oxygen atoms in total. The summed E-state index contributed by atoms with van der Waals surface area (Å²) < 4.78 is 11.8. The van der Waals surface area contributed by atoms with Gasteiger partial charge in [-0.05, 0) is 32.0 Å². The molecule has 0 aliphatic rings. The Morgan fingerprint density at radius 1 is 1.33 bits per heavy atom. The normalized spacial score (nSPS) is 15.4. The molecule has 0 fully saturated rings. The van der Waals surface area contributed by atoms with E-state index in [-0.39, 0.29) is 10.9 Å². The van der Waals surface area contributed by atoms with Crippen molar-refractivity contribution in [3.63, 3.8) is 0 Å². The average molecular weight is 252 g/mol. The van der Waals surface area contributed by atoms with Crippen LogP contribution >= 0.6 is 0 Å². The zero-order chi connectivity index (χ0) is 14.4. The van der Waals surface area contributed by atoms with Crippen LogP contribution in [0.15, 0.2) is 11.7 Å².